The molecule has 2 rings (SSSR count). The van der Waals surface area contributed by atoms with Gasteiger partial charge < -0.3 is 0 Å². The quantitative estimate of drug-likeness (QED) is 0.511. The Hall–Kier alpha value is -0.760. The van der Waals surface area contributed by atoms with Crippen molar-refractivity contribution in [1.82, 2.24) is 0 Å². The number of hydrogen-bond donors (Lipinski definition) is 0. The zero-order valence-corrected chi connectivity index (χ0v) is 7.73. The number of carbonyl (C=O) groups excluding carboxylic acids is 1. The first-order chi connectivity index (χ1) is 5.72. The summed E-state index contributed by atoms with van der Waals surface area (Å²) in [6.45, 7) is 2.01. The first-order valence-electron chi connectivity index (χ1n) is 3.96. The van der Waals surface area contributed by atoms with Gasteiger partial charge in [-0.15, -0.1) is 11.8 Å². The zero-order chi connectivity index (χ0) is 8.60. The van der Waals surface area contributed by atoms with E-state index >= 15 is 0 Å². The molecule has 1 heterocycles. The number of carbonyl (C=O) groups is 1. The van der Waals surface area contributed by atoms with Crippen molar-refractivity contribution < 1.29 is 4.79 Å². The minimum absolute atomic E-state index is 0.110. The molecule has 0 aromatic heterocycles. The van der Waals surface area contributed by atoms with E-state index in [0.717, 1.165) is 11.3 Å². The molecule has 62 valence electrons. The predicted molar refractivity (Wildman–Crippen MR) is 51.6 cm³/mol. The molecule has 0 N–H and O–H groups in total. The highest BCUT2D eigenvalue weighted by molar-refractivity contribution is 8.08. The smallest absolute Gasteiger partial charge is 0.179 e. The van der Waals surface area contributed by atoms with Gasteiger partial charge in [-0.1, -0.05) is 30.3 Å². The fourth-order valence-electron chi connectivity index (χ4n) is 1.13. The maximum Gasteiger partial charge on any atom is 0.179 e. The average molecular weight is 178 g/mol. The summed E-state index contributed by atoms with van der Waals surface area (Å²) in [6, 6.07) is 9.51. The highest BCUT2D eigenvalue weighted by Crippen LogP contribution is 2.46. The minimum atomic E-state index is -0.110. The maximum absolute atomic E-state index is 11.7. The Kier molecular flexibility index (Phi) is 1.72. The summed E-state index contributed by atoms with van der Waals surface area (Å²) in [7, 11) is 0. The van der Waals surface area contributed by atoms with Crippen LogP contribution in [-0.4, -0.2) is 16.3 Å². The van der Waals surface area contributed by atoms with E-state index < -0.39 is 0 Å². The molecule has 1 nitrogen and oxygen atoms in total. The zero-order valence-electron chi connectivity index (χ0n) is 6.91. The second-order valence-corrected chi connectivity index (χ2v) is 4.69. The molecule has 0 radical (unpaired) electrons. The van der Waals surface area contributed by atoms with Gasteiger partial charge >= 0.3 is 0 Å². The number of hydrogen-bond acceptors (Lipinski definition) is 2. The highest BCUT2D eigenvalue weighted by atomic mass is 32.2. The van der Waals surface area contributed by atoms with Crippen LogP contribution in [0.25, 0.3) is 0 Å². The Bertz CT molecular complexity index is 301. The van der Waals surface area contributed by atoms with Crippen LogP contribution in [0.2, 0.25) is 0 Å². The van der Waals surface area contributed by atoms with Crippen molar-refractivity contribution in [2.45, 2.75) is 11.7 Å². The van der Waals surface area contributed by atoms with Gasteiger partial charge in [-0.3, -0.25) is 4.79 Å². The van der Waals surface area contributed by atoms with Gasteiger partial charge in [0.25, 0.3) is 0 Å². The lowest BCUT2D eigenvalue weighted by molar-refractivity contribution is 0.0971. The fourth-order valence-corrected chi connectivity index (χ4v) is 1.73. The van der Waals surface area contributed by atoms with Gasteiger partial charge in [0.15, 0.2) is 5.78 Å². The number of ketones is 1. The van der Waals surface area contributed by atoms with Crippen LogP contribution in [0.5, 0.6) is 0 Å². The summed E-state index contributed by atoms with van der Waals surface area (Å²) in [5.41, 5.74) is 0.838. The van der Waals surface area contributed by atoms with Crippen molar-refractivity contribution >= 4 is 17.5 Å². The second-order valence-electron chi connectivity index (χ2n) is 3.21. The van der Waals surface area contributed by atoms with Crippen LogP contribution >= 0.6 is 11.8 Å². The lowest BCUT2D eigenvalue weighted by Crippen LogP contribution is -2.18. The highest BCUT2D eigenvalue weighted by Gasteiger charge is 2.46. The van der Waals surface area contributed by atoms with Gasteiger partial charge in [0, 0.05) is 11.3 Å². The standard InChI is InChI=1S/C10H10OS/c1-10(7-12-10)9(11)8-5-3-2-4-6-8/h2-6H,7H2,1H3. The van der Waals surface area contributed by atoms with E-state index in [9.17, 15) is 4.79 Å². The second kappa shape index (κ2) is 2.63. The van der Waals surface area contributed by atoms with E-state index in [1.807, 2.05) is 37.3 Å². The molecule has 0 saturated carbocycles. The van der Waals surface area contributed by atoms with Crippen LogP contribution in [0.4, 0.5) is 0 Å². The Morgan fingerprint density at radius 1 is 1.42 bits per heavy atom. The molecule has 0 aliphatic carbocycles. The van der Waals surface area contributed by atoms with E-state index in [0.29, 0.717) is 0 Å². The SMILES string of the molecule is CC1(C(=O)c2ccccc2)CS1. The van der Waals surface area contributed by atoms with Crippen molar-refractivity contribution in [3.8, 4) is 0 Å². The van der Waals surface area contributed by atoms with Crippen molar-refractivity contribution in [1.29, 1.82) is 0 Å². The third-order valence-electron chi connectivity index (χ3n) is 2.09. The molecule has 0 bridgehead atoms. The molecule has 1 aromatic rings. The molecule has 1 atom stereocenters. The Balaban J connectivity index is 2.26. The van der Waals surface area contributed by atoms with E-state index in [2.05, 4.69) is 0 Å². The molecule has 1 unspecified atom stereocenters. The average Bonchev–Trinajstić information content (AvgIpc) is 2.85. The van der Waals surface area contributed by atoms with E-state index in [1.54, 1.807) is 11.8 Å². The molecular formula is C10H10OS. The first kappa shape index (κ1) is 7.87. The monoisotopic (exact) mass is 178 g/mol. The largest absolute Gasteiger partial charge is 0.293 e. The first-order valence-corrected chi connectivity index (χ1v) is 4.95. The molecule has 1 aliphatic rings. The molecule has 1 saturated heterocycles. The predicted octanol–water partition coefficient (Wildman–Crippen LogP) is 2.37. The maximum atomic E-state index is 11.7. The van der Waals surface area contributed by atoms with Crippen LogP contribution in [0.3, 0.4) is 0 Å². The van der Waals surface area contributed by atoms with Crippen LogP contribution < -0.4 is 0 Å². The summed E-state index contributed by atoms with van der Waals surface area (Å²) in [4.78, 5) is 11.7. The number of thioether (sulfide) groups is 1. The Labute approximate surface area is 76.2 Å². The van der Waals surface area contributed by atoms with Crippen LogP contribution in [0, 0.1) is 0 Å². The van der Waals surface area contributed by atoms with Crippen molar-refractivity contribution in [3.63, 3.8) is 0 Å². The molecule has 1 aromatic carbocycles. The fraction of sp³-hybridized carbons (Fsp3) is 0.300. The molecule has 12 heavy (non-hydrogen) atoms. The number of benzene rings is 1. The third-order valence-corrected chi connectivity index (χ3v) is 3.43. The van der Waals surface area contributed by atoms with Gasteiger partial charge in [-0.2, -0.15) is 0 Å². The molecule has 0 spiro atoms. The molecule has 0 amide bonds. The van der Waals surface area contributed by atoms with Gasteiger partial charge in [0.1, 0.15) is 0 Å². The van der Waals surface area contributed by atoms with Crippen molar-refractivity contribution in [3.05, 3.63) is 35.9 Å². The summed E-state index contributed by atoms with van der Waals surface area (Å²) in [5, 5.41) is 0. The van der Waals surface area contributed by atoms with Gasteiger partial charge in [0.2, 0.25) is 0 Å². The topological polar surface area (TPSA) is 17.1 Å². The van der Waals surface area contributed by atoms with E-state index in [1.165, 1.54) is 0 Å². The van der Waals surface area contributed by atoms with Crippen LogP contribution in [-0.2, 0) is 0 Å². The molecular weight excluding hydrogens is 168 g/mol. The number of Topliss-reactive ketones (excluding diaryl/α,β-unsaturated/α-hetero) is 1. The van der Waals surface area contributed by atoms with Crippen molar-refractivity contribution in [2.75, 3.05) is 5.75 Å². The van der Waals surface area contributed by atoms with Crippen LogP contribution in [0.1, 0.15) is 17.3 Å². The third kappa shape index (κ3) is 1.27. The lowest BCUT2D eigenvalue weighted by Gasteiger charge is -2.03. The number of rotatable bonds is 2. The normalized spacial score (nSPS) is 26.8. The molecule has 1 aliphatic heterocycles. The van der Waals surface area contributed by atoms with Crippen LogP contribution in [0.15, 0.2) is 30.3 Å². The molecule has 1 fully saturated rings. The minimum Gasteiger partial charge on any atom is -0.293 e. The molecule has 2 heteroatoms. The van der Waals surface area contributed by atoms with Crippen molar-refractivity contribution in [2.24, 2.45) is 0 Å². The van der Waals surface area contributed by atoms with Gasteiger partial charge in [0.05, 0.1) is 4.75 Å². The van der Waals surface area contributed by atoms with E-state index in [-0.39, 0.29) is 10.5 Å². The summed E-state index contributed by atoms with van der Waals surface area (Å²) < 4.78 is -0.110. The Morgan fingerprint density at radius 2 is 2.00 bits per heavy atom. The summed E-state index contributed by atoms with van der Waals surface area (Å²) in [5.74, 6) is 1.24. The lowest BCUT2D eigenvalue weighted by atomic mass is 10.0. The Morgan fingerprint density at radius 3 is 2.50 bits per heavy atom. The summed E-state index contributed by atoms with van der Waals surface area (Å²) >= 11 is 1.72. The van der Waals surface area contributed by atoms with E-state index in [4.69, 9.17) is 0 Å². The summed E-state index contributed by atoms with van der Waals surface area (Å²) in [6.07, 6.45) is 0. The van der Waals surface area contributed by atoms with Gasteiger partial charge in [-0.05, 0) is 6.92 Å². The van der Waals surface area contributed by atoms with Gasteiger partial charge in [-0.25, -0.2) is 0 Å².